The molecule has 0 spiro atoms. The molecule has 0 radical (unpaired) electrons. The van der Waals surface area contributed by atoms with Crippen LogP contribution in [-0.4, -0.2) is 24.1 Å². The summed E-state index contributed by atoms with van der Waals surface area (Å²) in [7, 11) is 0. The summed E-state index contributed by atoms with van der Waals surface area (Å²) in [6.45, 7) is 0. The van der Waals surface area contributed by atoms with E-state index < -0.39 is 0 Å². The molecule has 0 bridgehead atoms. The molecule has 11 aromatic rings. The van der Waals surface area contributed by atoms with Crippen LogP contribution in [0.25, 0.3) is 100 Å². The van der Waals surface area contributed by atoms with Crippen molar-refractivity contribution in [1.29, 1.82) is 0 Å². The van der Waals surface area contributed by atoms with Crippen LogP contribution in [0.3, 0.4) is 0 Å². The Bertz CT molecular complexity index is 3120. The van der Waals surface area contributed by atoms with Crippen molar-refractivity contribution in [1.82, 2.24) is 24.1 Å². The molecule has 0 saturated heterocycles. The fraction of sp³-hybridized carbons (Fsp3) is 0. The van der Waals surface area contributed by atoms with E-state index in [4.69, 9.17) is 15.0 Å². The molecule has 0 N–H and O–H groups in total. The first-order chi connectivity index (χ1) is 27.8. The van der Waals surface area contributed by atoms with Gasteiger partial charge in [0.2, 0.25) is 0 Å². The zero-order chi connectivity index (χ0) is 37.0. The van der Waals surface area contributed by atoms with Gasteiger partial charge in [0.05, 0.1) is 22.1 Å². The summed E-state index contributed by atoms with van der Waals surface area (Å²) in [4.78, 5) is 14.8. The molecule has 0 aliphatic carbocycles. The number of fused-ring (bicyclic) bond motifs is 6. The van der Waals surface area contributed by atoms with Crippen molar-refractivity contribution in [2.45, 2.75) is 0 Å². The topological polar surface area (TPSA) is 48.5 Å². The molecule has 0 saturated carbocycles. The Labute approximate surface area is 323 Å². The van der Waals surface area contributed by atoms with E-state index in [2.05, 4.69) is 149 Å². The van der Waals surface area contributed by atoms with Gasteiger partial charge in [-0.2, -0.15) is 0 Å². The molecule has 3 heterocycles. The van der Waals surface area contributed by atoms with Gasteiger partial charge in [-0.25, -0.2) is 15.0 Å². The van der Waals surface area contributed by atoms with Crippen LogP contribution in [-0.2, 0) is 0 Å². The van der Waals surface area contributed by atoms with E-state index in [9.17, 15) is 0 Å². The Kier molecular flexibility index (Phi) is 7.42. The highest BCUT2D eigenvalue weighted by Gasteiger charge is 2.17. The average molecular weight is 716 g/mol. The Morgan fingerprint density at radius 2 is 0.643 bits per heavy atom. The van der Waals surface area contributed by atoms with Crippen LogP contribution in [0.15, 0.2) is 200 Å². The summed E-state index contributed by atoms with van der Waals surface area (Å²) in [6, 6.07) is 70.5. The molecule has 11 rings (SSSR count). The lowest BCUT2D eigenvalue weighted by Gasteiger charge is -2.12. The molecule has 0 unspecified atom stereocenters. The molecule has 8 aromatic carbocycles. The molecule has 56 heavy (non-hydrogen) atoms. The highest BCUT2D eigenvalue weighted by atomic mass is 15.0. The molecule has 0 aliphatic heterocycles. The normalized spacial score (nSPS) is 11.6. The van der Waals surface area contributed by atoms with Gasteiger partial charge in [0.25, 0.3) is 0 Å². The highest BCUT2D eigenvalue weighted by molar-refractivity contribution is 6.11. The van der Waals surface area contributed by atoms with Crippen LogP contribution in [0.2, 0.25) is 0 Å². The third-order valence-corrected chi connectivity index (χ3v) is 10.8. The first kappa shape index (κ1) is 31.9. The van der Waals surface area contributed by atoms with Crippen molar-refractivity contribution >= 4 is 43.6 Å². The molecule has 3 aromatic heterocycles. The fourth-order valence-electron chi connectivity index (χ4n) is 8.15. The van der Waals surface area contributed by atoms with E-state index in [1.165, 1.54) is 32.6 Å². The van der Waals surface area contributed by atoms with E-state index >= 15 is 0 Å². The Morgan fingerprint density at radius 3 is 1.18 bits per heavy atom. The fourth-order valence-corrected chi connectivity index (χ4v) is 8.15. The van der Waals surface area contributed by atoms with Crippen LogP contribution in [0, 0.1) is 0 Å². The van der Waals surface area contributed by atoms with E-state index in [1.54, 1.807) is 0 Å². The molecule has 0 atom stereocenters. The molecule has 5 heteroatoms. The lowest BCUT2D eigenvalue weighted by Crippen LogP contribution is -2.00. The third kappa shape index (κ3) is 5.29. The number of aromatic nitrogens is 5. The Hall–Kier alpha value is -7.63. The van der Waals surface area contributed by atoms with E-state index in [-0.39, 0.29) is 0 Å². The first-order valence-electron chi connectivity index (χ1n) is 18.9. The first-order valence-corrected chi connectivity index (χ1v) is 18.9. The monoisotopic (exact) mass is 715 g/mol. The summed E-state index contributed by atoms with van der Waals surface area (Å²) in [5.74, 6) is 1.93. The maximum atomic E-state index is 4.97. The van der Waals surface area contributed by atoms with Crippen molar-refractivity contribution in [3.8, 4) is 56.7 Å². The minimum atomic E-state index is 0.636. The summed E-state index contributed by atoms with van der Waals surface area (Å²) in [5, 5.41) is 4.95. The van der Waals surface area contributed by atoms with Crippen molar-refractivity contribution in [3.05, 3.63) is 200 Å². The largest absolute Gasteiger partial charge is 0.309 e. The molecular weight excluding hydrogens is 683 g/mol. The van der Waals surface area contributed by atoms with Crippen LogP contribution >= 0.6 is 0 Å². The molecule has 0 amide bonds. The maximum absolute atomic E-state index is 4.97. The smallest absolute Gasteiger partial charge is 0.164 e. The van der Waals surface area contributed by atoms with Gasteiger partial charge >= 0.3 is 0 Å². The number of benzene rings is 8. The van der Waals surface area contributed by atoms with E-state index in [1.807, 2.05) is 60.7 Å². The minimum absolute atomic E-state index is 0.636. The van der Waals surface area contributed by atoms with Gasteiger partial charge in [-0.1, -0.05) is 140 Å². The predicted octanol–water partition coefficient (Wildman–Crippen LogP) is 12.7. The van der Waals surface area contributed by atoms with Gasteiger partial charge in [0, 0.05) is 49.6 Å². The predicted molar refractivity (Wildman–Crippen MR) is 230 cm³/mol. The van der Waals surface area contributed by atoms with Gasteiger partial charge in [-0.05, 0) is 71.8 Å². The number of hydrogen-bond donors (Lipinski definition) is 0. The standard InChI is InChI=1S/C51H33N5/c1-3-14-34(15-4-1)49-52-50(35-16-5-2-6-17-35)54-51(53-49)36-26-29-39(30-27-36)55-45-23-10-9-22-43(45)44-31-28-38(33-48(44)55)37-18-13-19-40(32-37)56-46-24-11-7-20-41(46)42-21-8-12-25-47(42)56/h1-33H. The van der Waals surface area contributed by atoms with E-state index in [0.29, 0.717) is 17.5 Å². The second kappa shape index (κ2) is 13.0. The lowest BCUT2D eigenvalue weighted by molar-refractivity contribution is 1.07. The summed E-state index contributed by atoms with van der Waals surface area (Å²) < 4.78 is 4.75. The van der Waals surface area contributed by atoms with E-state index in [0.717, 1.165) is 50.2 Å². The van der Waals surface area contributed by atoms with Crippen molar-refractivity contribution in [2.75, 3.05) is 0 Å². The zero-order valence-corrected chi connectivity index (χ0v) is 30.3. The number of rotatable bonds is 6. The third-order valence-electron chi connectivity index (χ3n) is 10.8. The van der Waals surface area contributed by atoms with Crippen LogP contribution in [0.5, 0.6) is 0 Å². The number of nitrogens with zero attached hydrogens (tertiary/aromatic N) is 5. The Morgan fingerprint density at radius 1 is 0.250 bits per heavy atom. The van der Waals surface area contributed by atoms with Gasteiger partial charge in [0.1, 0.15) is 0 Å². The van der Waals surface area contributed by atoms with Gasteiger partial charge in [0.15, 0.2) is 17.5 Å². The number of hydrogen-bond acceptors (Lipinski definition) is 3. The van der Waals surface area contributed by atoms with Crippen molar-refractivity contribution in [2.24, 2.45) is 0 Å². The van der Waals surface area contributed by atoms with Crippen LogP contribution in [0.4, 0.5) is 0 Å². The second-order valence-corrected chi connectivity index (χ2v) is 14.1. The minimum Gasteiger partial charge on any atom is -0.309 e. The lowest BCUT2D eigenvalue weighted by atomic mass is 10.0. The van der Waals surface area contributed by atoms with Crippen LogP contribution in [0.1, 0.15) is 0 Å². The second-order valence-electron chi connectivity index (χ2n) is 14.1. The van der Waals surface area contributed by atoms with Crippen LogP contribution < -0.4 is 0 Å². The Balaban J connectivity index is 1.03. The highest BCUT2D eigenvalue weighted by Crippen LogP contribution is 2.37. The molecular formula is C51H33N5. The molecule has 5 nitrogen and oxygen atoms in total. The van der Waals surface area contributed by atoms with Gasteiger partial charge in [-0.15, -0.1) is 0 Å². The van der Waals surface area contributed by atoms with Gasteiger partial charge < -0.3 is 9.13 Å². The van der Waals surface area contributed by atoms with Crippen molar-refractivity contribution < 1.29 is 0 Å². The number of para-hydroxylation sites is 3. The average Bonchev–Trinajstić information content (AvgIpc) is 3.80. The molecule has 0 fully saturated rings. The summed E-state index contributed by atoms with van der Waals surface area (Å²) in [5.41, 5.74) is 12.1. The zero-order valence-electron chi connectivity index (χ0n) is 30.3. The molecule has 262 valence electrons. The quantitative estimate of drug-likeness (QED) is 0.172. The summed E-state index contributed by atoms with van der Waals surface area (Å²) in [6.07, 6.45) is 0. The molecule has 0 aliphatic rings. The SMILES string of the molecule is c1ccc(-c2nc(-c3ccccc3)nc(-c3ccc(-n4c5ccccc5c5ccc(-c6cccc(-n7c8ccccc8c8ccccc87)c6)cc54)cc3)n2)cc1. The van der Waals surface area contributed by atoms with Crippen molar-refractivity contribution in [3.63, 3.8) is 0 Å². The van der Waals surface area contributed by atoms with Gasteiger partial charge in [-0.3, -0.25) is 0 Å². The summed E-state index contributed by atoms with van der Waals surface area (Å²) >= 11 is 0. The maximum Gasteiger partial charge on any atom is 0.164 e.